The minimum Gasteiger partial charge on any atom is -0.406 e. The first-order valence-electron chi connectivity index (χ1n) is 13.4. The maximum Gasteiger partial charge on any atom is 0.573 e. The van der Waals surface area contributed by atoms with Crippen LogP contribution in [0.2, 0.25) is 0 Å². The predicted molar refractivity (Wildman–Crippen MR) is 160 cm³/mol. The fraction of sp³-hybridized carbons (Fsp3) is 0.241. The summed E-state index contributed by atoms with van der Waals surface area (Å²) in [6.07, 6.45) is -2.80. The number of carbonyl (C=O) groups is 1. The van der Waals surface area contributed by atoms with Gasteiger partial charge < -0.3 is 15.8 Å². The van der Waals surface area contributed by atoms with Crippen LogP contribution < -0.4 is 25.8 Å². The van der Waals surface area contributed by atoms with Crippen LogP contribution in [0, 0.1) is 5.82 Å². The molecule has 0 unspecified atom stereocenters. The Morgan fingerprint density at radius 2 is 1.89 bits per heavy atom. The topological polar surface area (TPSA) is 131 Å². The van der Waals surface area contributed by atoms with E-state index in [0.29, 0.717) is 24.5 Å². The molecule has 0 aliphatic carbocycles. The summed E-state index contributed by atoms with van der Waals surface area (Å²) < 4.78 is 59.1. The van der Waals surface area contributed by atoms with Crippen molar-refractivity contribution in [3.8, 4) is 22.8 Å². The quantitative estimate of drug-likeness (QED) is 0.0566. The Hall–Kier alpha value is -4.63. The van der Waals surface area contributed by atoms with E-state index in [4.69, 9.17) is 5.73 Å². The molecule has 44 heavy (non-hydrogen) atoms. The van der Waals surface area contributed by atoms with Gasteiger partial charge in [-0.1, -0.05) is 32.0 Å². The van der Waals surface area contributed by atoms with Gasteiger partial charge in [0.05, 0.1) is 5.69 Å². The van der Waals surface area contributed by atoms with E-state index in [-0.39, 0.29) is 30.1 Å². The molecule has 4 rings (SSSR count). The van der Waals surface area contributed by atoms with E-state index in [1.54, 1.807) is 6.07 Å². The highest BCUT2D eigenvalue weighted by Crippen LogP contribution is 2.28. The zero-order chi connectivity index (χ0) is 31.7. The molecule has 0 radical (unpaired) electrons. The van der Waals surface area contributed by atoms with Crippen LogP contribution in [0.3, 0.4) is 0 Å². The molecule has 1 heterocycles. The van der Waals surface area contributed by atoms with Crippen LogP contribution in [0.1, 0.15) is 30.9 Å². The standard InChI is InChI=1S/C29H30F4N8O2S/c1-18(2)24-15-21(30)6-11-25(24)44-38-16-36-27(34)39-28(42)35-13-12-19-4-3-5-20(14-19)26-37-17-41(40-26)22-7-9-23(10-8-22)43-29(31,32)33/h3-11,14-15,17-18,38H,12-13,16H2,1-2H3,(H4,34,35,36,39,42). The Kier molecular flexibility index (Phi) is 10.8. The first kappa shape index (κ1) is 32.3. The van der Waals surface area contributed by atoms with E-state index in [1.807, 2.05) is 38.1 Å². The number of nitrogens with one attached hydrogen (secondary N) is 3. The highest BCUT2D eigenvalue weighted by atomic mass is 32.2. The van der Waals surface area contributed by atoms with E-state index >= 15 is 0 Å². The van der Waals surface area contributed by atoms with Crippen molar-refractivity contribution in [1.82, 2.24) is 30.1 Å². The SMILES string of the molecule is CC(C)c1cc(F)ccc1SNCN=C(N)NC(=O)NCCc1cccc(-c2ncn(-c3ccc(OC(F)(F)F)cc3)n2)c1. The molecule has 5 N–H and O–H groups in total. The summed E-state index contributed by atoms with van der Waals surface area (Å²) in [4.78, 5) is 21.5. The highest BCUT2D eigenvalue weighted by Gasteiger charge is 2.31. The van der Waals surface area contributed by atoms with Gasteiger partial charge >= 0.3 is 12.4 Å². The average Bonchev–Trinajstić information content (AvgIpc) is 3.46. The number of halogens is 4. The van der Waals surface area contributed by atoms with Gasteiger partial charge in [0.2, 0.25) is 0 Å². The third-order valence-electron chi connectivity index (χ3n) is 6.04. The Bertz CT molecular complexity index is 1590. The Morgan fingerprint density at radius 1 is 1.11 bits per heavy atom. The van der Waals surface area contributed by atoms with Crippen molar-refractivity contribution in [2.24, 2.45) is 10.7 Å². The number of amides is 2. The monoisotopic (exact) mass is 630 g/mol. The lowest BCUT2D eigenvalue weighted by Gasteiger charge is -2.12. The molecule has 15 heteroatoms. The molecule has 0 aliphatic rings. The molecule has 0 spiro atoms. The second-order valence-electron chi connectivity index (χ2n) is 9.67. The second-order valence-corrected chi connectivity index (χ2v) is 10.6. The third kappa shape index (κ3) is 9.70. The molecule has 0 atom stereocenters. The summed E-state index contributed by atoms with van der Waals surface area (Å²) >= 11 is 1.30. The minimum absolute atomic E-state index is 0.0648. The zero-order valence-electron chi connectivity index (χ0n) is 23.7. The van der Waals surface area contributed by atoms with E-state index in [9.17, 15) is 22.4 Å². The fourth-order valence-electron chi connectivity index (χ4n) is 4.00. The summed E-state index contributed by atoms with van der Waals surface area (Å²) in [5.74, 6) is -0.118. The second kappa shape index (κ2) is 14.7. The summed E-state index contributed by atoms with van der Waals surface area (Å²) in [5, 5.41) is 9.60. The molecular formula is C29H30F4N8O2S. The van der Waals surface area contributed by atoms with Crippen molar-refractivity contribution in [1.29, 1.82) is 0 Å². The van der Waals surface area contributed by atoms with Gasteiger partial charge in [-0.25, -0.2) is 28.6 Å². The lowest BCUT2D eigenvalue weighted by molar-refractivity contribution is -0.274. The lowest BCUT2D eigenvalue weighted by Crippen LogP contribution is -2.44. The average molecular weight is 631 g/mol. The Labute approximate surface area is 255 Å². The summed E-state index contributed by atoms with van der Waals surface area (Å²) in [6, 6.07) is 16.8. The van der Waals surface area contributed by atoms with Crippen LogP contribution in [0.5, 0.6) is 5.75 Å². The van der Waals surface area contributed by atoms with E-state index < -0.39 is 12.4 Å². The number of carbonyl (C=O) groups excluding carboxylic acids is 1. The summed E-state index contributed by atoms with van der Waals surface area (Å²) in [6.45, 7) is 4.40. The summed E-state index contributed by atoms with van der Waals surface area (Å²) in [5.41, 5.74) is 8.83. The van der Waals surface area contributed by atoms with Crippen molar-refractivity contribution in [2.45, 2.75) is 37.4 Å². The number of alkyl halides is 3. The van der Waals surface area contributed by atoms with Gasteiger partial charge in [0.25, 0.3) is 0 Å². The molecule has 10 nitrogen and oxygen atoms in total. The number of nitrogens with two attached hydrogens (primary N) is 1. The number of hydrogen-bond donors (Lipinski definition) is 4. The van der Waals surface area contributed by atoms with Crippen molar-refractivity contribution in [2.75, 3.05) is 13.2 Å². The summed E-state index contributed by atoms with van der Waals surface area (Å²) in [7, 11) is 0. The van der Waals surface area contributed by atoms with Crippen LogP contribution in [0.15, 0.2) is 82.9 Å². The van der Waals surface area contributed by atoms with Crippen molar-refractivity contribution >= 4 is 23.9 Å². The third-order valence-corrected chi connectivity index (χ3v) is 6.91. The minimum atomic E-state index is -4.77. The van der Waals surface area contributed by atoms with Crippen molar-refractivity contribution in [3.05, 3.63) is 90.0 Å². The van der Waals surface area contributed by atoms with Crippen LogP contribution in [0.25, 0.3) is 17.1 Å². The molecule has 232 valence electrons. The number of hydrogen-bond acceptors (Lipinski definition) is 7. The van der Waals surface area contributed by atoms with Crippen LogP contribution in [0.4, 0.5) is 22.4 Å². The van der Waals surface area contributed by atoms with E-state index in [2.05, 4.69) is 35.2 Å². The van der Waals surface area contributed by atoms with E-state index in [0.717, 1.165) is 21.6 Å². The molecule has 0 saturated carbocycles. The zero-order valence-corrected chi connectivity index (χ0v) is 24.5. The Morgan fingerprint density at radius 3 is 2.61 bits per heavy atom. The predicted octanol–water partition coefficient (Wildman–Crippen LogP) is 5.51. The fourth-order valence-corrected chi connectivity index (χ4v) is 4.83. The van der Waals surface area contributed by atoms with Crippen LogP contribution in [-0.2, 0) is 6.42 Å². The molecule has 0 bridgehead atoms. The van der Waals surface area contributed by atoms with E-state index in [1.165, 1.54) is 59.4 Å². The van der Waals surface area contributed by atoms with Gasteiger partial charge in [-0.3, -0.25) is 5.32 Å². The number of guanidine groups is 1. The van der Waals surface area contributed by atoms with Crippen molar-refractivity contribution < 1.29 is 27.1 Å². The number of rotatable bonds is 11. The Balaban J connectivity index is 1.22. The van der Waals surface area contributed by atoms with Gasteiger partial charge in [0.1, 0.15) is 24.6 Å². The number of urea groups is 1. The molecule has 1 aromatic heterocycles. The molecule has 3 aromatic carbocycles. The molecular weight excluding hydrogens is 600 g/mol. The molecule has 0 aliphatic heterocycles. The largest absolute Gasteiger partial charge is 0.573 e. The maximum absolute atomic E-state index is 13.5. The van der Waals surface area contributed by atoms with Crippen LogP contribution >= 0.6 is 11.9 Å². The van der Waals surface area contributed by atoms with Crippen molar-refractivity contribution in [3.63, 3.8) is 0 Å². The molecule has 0 saturated heterocycles. The smallest absolute Gasteiger partial charge is 0.406 e. The number of aliphatic imine (C=N–C) groups is 1. The van der Waals surface area contributed by atoms with Gasteiger partial charge in [-0.15, -0.1) is 18.3 Å². The van der Waals surface area contributed by atoms with Gasteiger partial charge in [0, 0.05) is 17.0 Å². The van der Waals surface area contributed by atoms with Gasteiger partial charge in [0.15, 0.2) is 11.8 Å². The molecule has 4 aromatic rings. The molecule has 0 fully saturated rings. The number of benzene rings is 3. The number of aromatic nitrogens is 3. The van der Waals surface area contributed by atoms with Crippen LogP contribution in [-0.4, -0.2) is 46.3 Å². The maximum atomic E-state index is 13.5. The van der Waals surface area contributed by atoms with Gasteiger partial charge in [-0.05, 0) is 83.9 Å². The van der Waals surface area contributed by atoms with Gasteiger partial charge in [-0.2, -0.15) is 0 Å². The normalized spacial score (nSPS) is 11.9. The molecule has 2 amide bonds. The lowest BCUT2D eigenvalue weighted by atomic mass is 10.0. The number of ether oxygens (including phenoxy) is 1. The highest BCUT2D eigenvalue weighted by molar-refractivity contribution is 7.97. The first-order chi connectivity index (χ1) is 21.0. The first-order valence-corrected chi connectivity index (χ1v) is 14.2. The number of nitrogens with zero attached hydrogens (tertiary/aromatic N) is 4.